The molecule has 0 radical (unpaired) electrons. The van der Waals surface area contributed by atoms with E-state index in [4.69, 9.17) is 4.74 Å². The van der Waals surface area contributed by atoms with E-state index in [0.29, 0.717) is 6.04 Å². The minimum absolute atomic E-state index is 0. The number of benzene rings is 1. The van der Waals surface area contributed by atoms with Gasteiger partial charge in [0.15, 0.2) is 5.96 Å². The van der Waals surface area contributed by atoms with Crippen molar-refractivity contribution in [1.29, 1.82) is 0 Å². The smallest absolute Gasteiger partial charge is 0.191 e. The standard InChI is InChI=1S/C19H25BrN4OS.HI/c1-21-19(22-13-15-4-6-16(20)7-5-15)23-14-17(18-3-2-12-26-18)24-8-10-25-11-9-24;/h2-7,12,17H,8-11,13-14H2,1H3,(H2,21,22,23);1H. The molecule has 1 saturated heterocycles. The first kappa shape index (κ1) is 22.6. The lowest BCUT2D eigenvalue weighted by molar-refractivity contribution is 0.0177. The summed E-state index contributed by atoms with van der Waals surface area (Å²) in [6.07, 6.45) is 0. The first-order valence-corrected chi connectivity index (χ1v) is 10.5. The van der Waals surface area contributed by atoms with Gasteiger partial charge in [-0.15, -0.1) is 35.3 Å². The van der Waals surface area contributed by atoms with Crippen LogP contribution in [0.5, 0.6) is 0 Å². The first-order valence-electron chi connectivity index (χ1n) is 8.80. The highest BCUT2D eigenvalue weighted by molar-refractivity contribution is 14.0. The molecule has 0 saturated carbocycles. The molecule has 1 fully saturated rings. The lowest BCUT2D eigenvalue weighted by Crippen LogP contribution is -2.46. The molecule has 27 heavy (non-hydrogen) atoms. The maximum absolute atomic E-state index is 5.51. The van der Waals surface area contributed by atoms with Crippen LogP contribution in [0.4, 0.5) is 0 Å². The van der Waals surface area contributed by atoms with Crippen LogP contribution in [0.2, 0.25) is 0 Å². The molecule has 5 nitrogen and oxygen atoms in total. The highest BCUT2D eigenvalue weighted by atomic mass is 127. The van der Waals surface area contributed by atoms with Crippen molar-refractivity contribution < 1.29 is 4.74 Å². The largest absolute Gasteiger partial charge is 0.379 e. The summed E-state index contributed by atoms with van der Waals surface area (Å²) >= 11 is 5.28. The Morgan fingerprint density at radius 1 is 1.22 bits per heavy atom. The van der Waals surface area contributed by atoms with Gasteiger partial charge in [0.25, 0.3) is 0 Å². The number of rotatable bonds is 6. The third-order valence-corrected chi connectivity index (χ3v) is 5.92. The van der Waals surface area contributed by atoms with Crippen molar-refractivity contribution in [3.63, 3.8) is 0 Å². The summed E-state index contributed by atoms with van der Waals surface area (Å²) < 4.78 is 6.60. The van der Waals surface area contributed by atoms with Crippen molar-refractivity contribution in [1.82, 2.24) is 15.5 Å². The number of halogens is 2. The fourth-order valence-corrected chi connectivity index (χ4v) is 4.11. The molecule has 1 aliphatic heterocycles. The van der Waals surface area contributed by atoms with Gasteiger partial charge in [-0.05, 0) is 29.1 Å². The molecule has 2 aromatic rings. The predicted octanol–water partition coefficient (Wildman–Crippen LogP) is 3.87. The van der Waals surface area contributed by atoms with Crippen LogP contribution < -0.4 is 10.6 Å². The molecule has 1 unspecified atom stereocenters. The van der Waals surface area contributed by atoms with Crippen molar-refractivity contribution in [2.75, 3.05) is 39.9 Å². The third kappa shape index (κ3) is 7.01. The molecule has 2 heterocycles. The van der Waals surface area contributed by atoms with Crippen LogP contribution in [0, 0.1) is 0 Å². The van der Waals surface area contributed by atoms with Gasteiger partial charge in [-0.1, -0.05) is 34.1 Å². The van der Waals surface area contributed by atoms with Gasteiger partial charge in [0.2, 0.25) is 0 Å². The van der Waals surface area contributed by atoms with E-state index in [1.807, 2.05) is 18.4 Å². The average Bonchev–Trinajstić information content (AvgIpc) is 3.21. The summed E-state index contributed by atoms with van der Waals surface area (Å²) in [5, 5.41) is 9.03. The van der Waals surface area contributed by atoms with Crippen molar-refractivity contribution in [3.05, 3.63) is 56.7 Å². The molecule has 2 N–H and O–H groups in total. The monoisotopic (exact) mass is 564 g/mol. The van der Waals surface area contributed by atoms with E-state index in [-0.39, 0.29) is 24.0 Å². The topological polar surface area (TPSA) is 48.9 Å². The van der Waals surface area contributed by atoms with E-state index in [1.165, 1.54) is 10.4 Å². The van der Waals surface area contributed by atoms with Crippen LogP contribution >= 0.6 is 51.2 Å². The van der Waals surface area contributed by atoms with E-state index in [0.717, 1.165) is 49.8 Å². The molecule has 0 bridgehead atoms. The second kappa shape index (κ2) is 12.0. The second-order valence-electron chi connectivity index (χ2n) is 6.11. The number of nitrogens with zero attached hydrogens (tertiary/aromatic N) is 2. The van der Waals surface area contributed by atoms with Gasteiger partial charge in [-0.2, -0.15) is 0 Å². The molecular weight excluding hydrogens is 539 g/mol. The van der Waals surface area contributed by atoms with Gasteiger partial charge in [0, 0.05) is 42.6 Å². The molecule has 148 valence electrons. The highest BCUT2D eigenvalue weighted by Crippen LogP contribution is 2.25. The summed E-state index contributed by atoms with van der Waals surface area (Å²) in [5.74, 6) is 0.822. The van der Waals surface area contributed by atoms with Crippen molar-refractivity contribution in [2.45, 2.75) is 12.6 Å². The fourth-order valence-electron chi connectivity index (χ4n) is 2.98. The van der Waals surface area contributed by atoms with E-state index in [1.54, 1.807) is 0 Å². The van der Waals surface area contributed by atoms with E-state index in [9.17, 15) is 0 Å². The second-order valence-corrected chi connectivity index (χ2v) is 8.01. The highest BCUT2D eigenvalue weighted by Gasteiger charge is 2.23. The van der Waals surface area contributed by atoms with E-state index < -0.39 is 0 Å². The Bertz CT molecular complexity index is 690. The number of guanidine groups is 1. The minimum atomic E-state index is 0. The fraction of sp³-hybridized carbons (Fsp3) is 0.421. The Kier molecular flexibility index (Phi) is 10.1. The number of ether oxygens (including phenoxy) is 1. The summed E-state index contributed by atoms with van der Waals surface area (Å²) in [4.78, 5) is 8.23. The molecule has 1 aromatic carbocycles. The lowest BCUT2D eigenvalue weighted by Gasteiger charge is -2.34. The summed E-state index contributed by atoms with van der Waals surface area (Å²) in [6.45, 7) is 5.11. The summed E-state index contributed by atoms with van der Waals surface area (Å²) in [6, 6.07) is 13.0. The Balaban J connectivity index is 0.00000261. The number of aliphatic imine (C=N–C) groups is 1. The van der Waals surface area contributed by atoms with Crippen LogP contribution in [0.3, 0.4) is 0 Å². The third-order valence-electron chi connectivity index (χ3n) is 4.42. The van der Waals surface area contributed by atoms with Gasteiger partial charge >= 0.3 is 0 Å². The Labute approximate surface area is 190 Å². The van der Waals surface area contributed by atoms with Crippen LogP contribution in [0.1, 0.15) is 16.5 Å². The zero-order valence-corrected chi connectivity index (χ0v) is 20.1. The van der Waals surface area contributed by atoms with E-state index in [2.05, 4.69) is 78.2 Å². The van der Waals surface area contributed by atoms with Crippen LogP contribution in [0.25, 0.3) is 0 Å². The number of hydrogen-bond donors (Lipinski definition) is 2. The average molecular weight is 565 g/mol. The van der Waals surface area contributed by atoms with Gasteiger partial charge < -0.3 is 15.4 Å². The van der Waals surface area contributed by atoms with Crippen LogP contribution in [-0.4, -0.2) is 50.8 Å². The zero-order chi connectivity index (χ0) is 18.2. The maximum atomic E-state index is 5.51. The minimum Gasteiger partial charge on any atom is -0.379 e. The molecular formula is C19H26BrIN4OS. The molecule has 0 amide bonds. The van der Waals surface area contributed by atoms with Gasteiger partial charge in [-0.3, -0.25) is 9.89 Å². The van der Waals surface area contributed by atoms with Crippen molar-refractivity contribution in [2.24, 2.45) is 4.99 Å². The van der Waals surface area contributed by atoms with Crippen molar-refractivity contribution in [3.8, 4) is 0 Å². The molecule has 3 rings (SSSR count). The zero-order valence-electron chi connectivity index (χ0n) is 15.4. The van der Waals surface area contributed by atoms with Crippen LogP contribution in [0.15, 0.2) is 51.2 Å². The van der Waals surface area contributed by atoms with Crippen LogP contribution in [-0.2, 0) is 11.3 Å². The number of nitrogens with one attached hydrogen (secondary N) is 2. The number of morpholine rings is 1. The first-order chi connectivity index (χ1) is 12.8. The molecule has 8 heteroatoms. The Morgan fingerprint density at radius 2 is 1.96 bits per heavy atom. The summed E-state index contributed by atoms with van der Waals surface area (Å²) in [7, 11) is 1.81. The molecule has 0 spiro atoms. The van der Waals surface area contributed by atoms with Gasteiger partial charge in [0.05, 0.1) is 19.3 Å². The molecule has 0 aliphatic carbocycles. The molecule has 1 aromatic heterocycles. The number of thiophene rings is 1. The molecule has 1 aliphatic rings. The van der Waals surface area contributed by atoms with Gasteiger partial charge in [-0.25, -0.2) is 0 Å². The van der Waals surface area contributed by atoms with Gasteiger partial charge in [0.1, 0.15) is 0 Å². The predicted molar refractivity (Wildman–Crippen MR) is 127 cm³/mol. The summed E-state index contributed by atoms with van der Waals surface area (Å²) in [5.41, 5.74) is 1.22. The lowest BCUT2D eigenvalue weighted by atomic mass is 10.2. The Morgan fingerprint density at radius 3 is 2.59 bits per heavy atom. The molecule has 1 atom stereocenters. The Hall–Kier alpha value is -0.680. The SMILES string of the molecule is CN=C(NCc1ccc(Br)cc1)NCC(c1cccs1)N1CCOCC1.I. The van der Waals surface area contributed by atoms with E-state index >= 15 is 0 Å². The maximum Gasteiger partial charge on any atom is 0.191 e. The van der Waals surface area contributed by atoms with Crippen molar-refractivity contribution >= 4 is 57.2 Å². The number of hydrogen-bond acceptors (Lipinski definition) is 4. The quantitative estimate of drug-likeness (QED) is 0.318. The normalized spacial score (nSPS) is 16.4.